The number of hydrogen-bond acceptors (Lipinski definition) is 4. The van der Waals surface area contributed by atoms with Crippen molar-refractivity contribution in [3.05, 3.63) is 44.9 Å². The van der Waals surface area contributed by atoms with Gasteiger partial charge in [0.2, 0.25) is 5.91 Å². The molecule has 2 rings (SSSR count). The van der Waals surface area contributed by atoms with Gasteiger partial charge in [0.1, 0.15) is 5.75 Å². The molecule has 0 unspecified atom stereocenters. The number of aryl methyl sites for hydroxylation is 2. The molecular formula is C23H34N2O2S. The van der Waals surface area contributed by atoms with Crippen LogP contribution in [0.4, 0.5) is 0 Å². The molecule has 1 aromatic carbocycles. The molecule has 0 spiro atoms. The zero-order valence-electron chi connectivity index (χ0n) is 18.3. The molecule has 1 aromatic heterocycles. The van der Waals surface area contributed by atoms with E-state index in [0.717, 1.165) is 33.8 Å². The zero-order valence-corrected chi connectivity index (χ0v) is 19.1. The van der Waals surface area contributed by atoms with Crippen molar-refractivity contribution in [3.8, 4) is 5.75 Å². The maximum Gasteiger partial charge on any atom is 0.220 e. The van der Waals surface area contributed by atoms with Crippen molar-refractivity contribution in [2.24, 2.45) is 0 Å². The lowest BCUT2D eigenvalue weighted by Crippen LogP contribution is -2.26. The Morgan fingerprint density at radius 1 is 1.07 bits per heavy atom. The highest BCUT2D eigenvalue weighted by Gasteiger charge is 2.26. The fraction of sp³-hybridized carbons (Fsp3) is 0.565. The predicted molar refractivity (Wildman–Crippen MR) is 117 cm³/mol. The molecule has 4 nitrogen and oxygen atoms in total. The highest BCUT2D eigenvalue weighted by molar-refractivity contribution is 7.09. The van der Waals surface area contributed by atoms with Crippen LogP contribution in [0.3, 0.4) is 0 Å². The predicted octanol–water partition coefficient (Wildman–Crippen LogP) is 5.04. The van der Waals surface area contributed by atoms with E-state index in [2.05, 4.69) is 64.0 Å². The Morgan fingerprint density at radius 3 is 2.11 bits per heavy atom. The minimum Gasteiger partial charge on any atom is -0.507 e. The van der Waals surface area contributed by atoms with Gasteiger partial charge in [-0.15, -0.1) is 11.3 Å². The summed E-state index contributed by atoms with van der Waals surface area (Å²) in [7, 11) is 0. The van der Waals surface area contributed by atoms with Gasteiger partial charge < -0.3 is 10.4 Å². The first-order valence-electron chi connectivity index (χ1n) is 9.92. The topological polar surface area (TPSA) is 62.2 Å². The summed E-state index contributed by atoms with van der Waals surface area (Å²) in [6.45, 7) is 15.2. The molecule has 0 aliphatic carbocycles. The monoisotopic (exact) mass is 402 g/mol. The number of thiazole rings is 1. The number of phenols is 1. The quantitative estimate of drug-likeness (QED) is 0.711. The number of amides is 1. The molecule has 28 heavy (non-hydrogen) atoms. The maximum atomic E-state index is 12.3. The lowest BCUT2D eigenvalue weighted by Gasteiger charge is -2.28. The van der Waals surface area contributed by atoms with Crippen molar-refractivity contribution in [2.75, 3.05) is 6.54 Å². The fourth-order valence-electron chi connectivity index (χ4n) is 3.18. The summed E-state index contributed by atoms with van der Waals surface area (Å²) in [4.78, 5) is 16.7. The first-order valence-corrected chi connectivity index (χ1v) is 10.8. The smallest absolute Gasteiger partial charge is 0.220 e. The largest absolute Gasteiger partial charge is 0.507 e. The van der Waals surface area contributed by atoms with Gasteiger partial charge in [-0.2, -0.15) is 0 Å². The van der Waals surface area contributed by atoms with Gasteiger partial charge in [0.15, 0.2) is 0 Å². The van der Waals surface area contributed by atoms with Crippen LogP contribution < -0.4 is 5.32 Å². The number of nitrogens with one attached hydrogen (secondary N) is 1. The van der Waals surface area contributed by atoms with Gasteiger partial charge in [-0.1, -0.05) is 53.7 Å². The number of carbonyl (C=O) groups excluding carboxylic acids is 1. The zero-order chi connectivity index (χ0) is 21.1. The van der Waals surface area contributed by atoms with Crippen molar-refractivity contribution >= 4 is 17.2 Å². The lowest BCUT2D eigenvalue weighted by molar-refractivity contribution is -0.121. The van der Waals surface area contributed by atoms with Gasteiger partial charge in [0.25, 0.3) is 0 Å². The minimum absolute atomic E-state index is 0.0506. The molecule has 1 amide bonds. The number of aromatic nitrogens is 1. The molecule has 0 aliphatic rings. The summed E-state index contributed by atoms with van der Waals surface area (Å²) in [5, 5.41) is 16.9. The first kappa shape index (κ1) is 22.4. The number of rotatable bonds is 6. The second-order valence-corrected chi connectivity index (χ2v) is 10.6. The van der Waals surface area contributed by atoms with E-state index in [4.69, 9.17) is 0 Å². The Labute approximate surface area is 173 Å². The van der Waals surface area contributed by atoms with Crippen molar-refractivity contribution < 1.29 is 9.90 Å². The molecule has 0 fully saturated rings. The summed E-state index contributed by atoms with van der Waals surface area (Å²) in [5.41, 5.74) is 3.69. The number of carbonyl (C=O) groups is 1. The van der Waals surface area contributed by atoms with E-state index in [0.29, 0.717) is 25.1 Å². The summed E-state index contributed by atoms with van der Waals surface area (Å²) < 4.78 is 0. The van der Waals surface area contributed by atoms with Gasteiger partial charge in [-0.25, -0.2) is 4.98 Å². The van der Waals surface area contributed by atoms with E-state index in [-0.39, 0.29) is 16.7 Å². The van der Waals surface area contributed by atoms with Crippen LogP contribution in [0.1, 0.15) is 75.4 Å². The lowest BCUT2D eigenvalue weighted by atomic mass is 9.78. The molecular weight excluding hydrogens is 368 g/mol. The summed E-state index contributed by atoms with van der Waals surface area (Å²) in [6, 6.07) is 4.10. The molecule has 2 N–H and O–H groups in total. The second-order valence-electron chi connectivity index (χ2n) is 9.50. The normalized spacial score (nSPS) is 12.2. The molecule has 0 bridgehead atoms. The third kappa shape index (κ3) is 6.06. The Bertz CT molecular complexity index is 791. The number of benzene rings is 1. The number of phenolic OH excluding ortho intramolecular Hbond substituents is 1. The van der Waals surface area contributed by atoms with Gasteiger partial charge in [0.05, 0.1) is 10.7 Å². The summed E-state index contributed by atoms with van der Waals surface area (Å²) in [6.07, 6.45) is 1.86. The Balaban J connectivity index is 2.03. The fourth-order valence-corrected chi connectivity index (χ4v) is 3.83. The van der Waals surface area contributed by atoms with E-state index < -0.39 is 0 Å². The SMILES string of the molecule is Cc1nc(CCNC(=O)CCc2cc(C(C)(C)C)c(O)c(C(C)(C)C)c2)cs1. The molecule has 0 saturated carbocycles. The van der Waals surface area contributed by atoms with Gasteiger partial charge in [-0.3, -0.25) is 4.79 Å². The van der Waals surface area contributed by atoms with Crippen molar-refractivity contribution in [3.63, 3.8) is 0 Å². The summed E-state index contributed by atoms with van der Waals surface area (Å²) in [5.74, 6) is 0.432. The van der Waals surface area contributed by atoms with Gasteiger partial charge in [0, 0.05) is 24.8 Å². The van der Waals surface area contributed by atoms with Gasteiger partial charge >= 0.3 is 0 Å². The molecule has 1 heterocycles. The molecule has 2 aromatic rings. The average Bonchev–Trinajstić information content (AvgIpc) is 2.97. The molecule has 0 saturated heterocycles. The van der Waals surface area contributed by atoms with E-state index in [9.17, 15) is 9.90 Å². The van der Waals surface area contributed by atoms with Crippen LogP contribution >= 0.6 is 11.3 Å². The first-order chi connectivity index (χ1) is 12.9. The van der Waals surface area contributed by atoms with Crippen LogP contribution in [0.25, 0.3) is 0 Å². The third-order valence-corrected chi connectivity index (χ3v) is 5.62. The number of aromatic hydroxyl groups is 1. The number of hydrogen-bond donors (Lipinski definition) is 2. The molecule has 0 radical (unpaired) electrons. The van der Waals surface area contributed by atoms with Crippen molar-refractivity contribution in [2.45, 2.75) is 78.6 Å². The van der Waals surface area contributed by atoms with Crippen molar-refractivity contribution in [1.82, 2.24) is 10.3 Å². The van der Waals surface area contributed by atoms with Crippen LogP contribution in [-0.2, 0) is 28.5 Å². The molecule has 154 valence electrons. The van der Waals surface area contributed by atoms with E-state index in [1.54, 1.807) is 11.3 Å². The van der Waals surface area contributed by atoms with E-state index in [1.165, 1.54) is 0 Å². The highest BCUT2D eigenvalue weighted by Crippen LogP contribution is 2.39. The van der Waals surface area contributed by atoms with Crippen molar-refractivity contribution in [1.29, 1.82) is 0 Å². The van der Waals surface area contributed by atoms with Crippen LogP contribution in [-0.4, -0.2) is 22.5 Å². The van der Waals surface area contributed by atoms with Crippen LogP contribution in [0.5, 0.6) is 5.75 Å². The average molecular weight is 403 g/mol. The van der Waals surface area contributed by atoms with Gasteiger partial charge in [-0.05, 0) is 40.9 Å². The van der Waals surface area contributed by atoms with Crippen LogP contribution in [0.2, 0.25) is 0 Å². The number of nitrogens with zero attached hydrogens (tertiary/aromatic N) is 1. The highest BCUT2D eigenvalue weighted by atomic mass is 32.1. The second kappa shape index (κ2) is 8.64. The van der Waals surface area contributed by atoms with E-state index >= 15 is 0 Å². The minimum atomic E-state index is -0.159. The Hall–Kier alpha value is -1.88. The summed E-state index contributed by atoms with van der Waals surface area (Å²) >= 11 is 1.63. The standard InChI is InChI=1S/C23H34N2O2S/c1-15-25-17(14-28-15)10-11-24-20(26)9-8-16-12-18(22(2,3)4)21(27)19(13-16)23(5,6)7/h12-14,27H,8-11H2,1-7H3,(H,24,26). The molecule has 5 heteroatoms. The molecule has 0 atom stereocenters. The van der Waals surface area contributed by atoms with E-state index in [1.807, 2.05) is 12.3 Å². The Kier molecular flexibility index (Phi) is 6.92. The Morgan fingerprint density at radius 2 is 1.64 bits per heavy atom. The maximum absolute atomic E-state index is 12.3. The van der Waals surface area contributed by atoms with Crippen LogP contribution in [0, 0.1) is 6.92 Å². The third-order valence-electron chi connectivity index (χ3n) is 4.80. The molecule has 0 aliphatic heterocycles. The van der Waals surface area contributed by atoms with Crippen LogP contribution in [0.15, 0.2) is 17.5 Å².